The van der Waals surface area contributed by atoms with Gasteiger partial charge in [0.1, 0.15) is 0 Å². The maximum atomic E-state index is 10.8. The van der Waals surface area contributed by atoms with Gasteiger partial charge in [-0.2, -0.15) is 0 Å². The summed E-state index contributed by atoms with van der Waals surface area (Å²) in [6, 6.07) is 0. The smallest absolute Gasteiger partial charge is 0.272 e. The van der Waals surface area contributed by atoms with Crippen LogP contribution in [0.15, 0.2) is 17.1 Å². The maximum Gasteiger partial charge on any atom is 0.272 e. The Kier molecular flexibility index (Phi) is 2.69. The predicted molar refractivity (Wildman–Crippen MR) is 48.4 cm³/mol. The number of anilines is 1. The standard InChI is InChI=1S/C8H11N3O2/c1-3-4-10-8-6(7(9)12)11-5(2)13-8/h3,10H,1,4H2,2H3,(H2,9,12). The highest BCUT2D eigenvalue weighted by Crippen LogP contribution is 2.15. The van der Waals surface area contributed by atoms with Crippen molar-refractivity contribution in [1.29, 1.82) is 0 Å². The fourth-order valence-electron chi connectivity index (χ4n) is 0.879. The summed E-state index contributed by atoms with van der Waals surface area (Å²) in [6.45, 7) is 5.66. The number of aromatic nitrogens is 1. The highest BCUT2D eigenvalue weighted by molar-refractivity contribution is 5.95. The number of oxazole rings is 1. The molecule has 3 N–H and O–H groups in total. The quantitative estimate of drug-likeness (QED) is 0.669. The van der Waals surface area contributed by atoms with Gasteiger partial charge in [-0.1, -0.05) is 6.08 Å². The molecule has 0 aromatic carbocycles. The highest BCUT2D eigenvalue weighted by Gasteiger charge is 2.14. The van der Waals surface area contributed by atoms with Crippen LogP contribution in [-0.4, -0.2) is 17.4 Å². The Balaban J connectivity index is 2.90. The lowest BCUT2D eigenvalue weighted by Crippen LogP contribution is -2.14. The Hall–Kier alpha value is -1.78. The minimum atomic E-state index is -0.608. The highest BCUT2D eigenvalue weighted by atomic mass is 16.4. The van der Waals surface area contributed by atoms with Crippen LogP contribution < -0.4 is 11.1 Å². The molecule has 70 valence electrons. The Bertz CT molecular complexity index is 330. The minimum Gasteiger partial charge on any atom is -0.425 e. The fourth-order valence-corrected chi connectivity index (χ4v) is 0.879. The van der Waals surface area contributed by atoms with Crippen molar-refractivity contribution in [2.45, 2.75) is 6.92 Å². The molecule has 0 saturated carbocycles. The topological polar surface area (TPSA) is 81.2 Å². The summed E-state index contributed by atoms with van der Waals surface area (Å²) in [5, 5.41) is 2.82. The van der Waals surface area contributed by atoms with Crippen LogP contribution in [-0.2, 0) is 0 Å². The average Bonchev–Trinajstić information content (AvgIpc) is 2.43. The molecule has 0 aliphatic heterocycles. The van der Waals surface area contributed by atoms with Crippen LogP contribution in [0, 0.1) is 6.92 Å². The number of carbonyl (C=O) groups is 1. The molecule has 5 heteroatoms. The number of carbonyl (C=O) groups excluding carboxylic acids is 1. The van der Waals surface area contributed by atoms with Crippen molar-refractivity contribution in [3.8, 4) is 0 Å². The van der Waals surface area contributed by atoms with Crippen molar-refractivity contribution in [2.75, 3.05) is 11.9 Å². The summed E-state index contributed by atoms with van der Waals surface area (Å²) in [4.78, 5) is 14.7. The van der Waals surface area contributed by atoms with Gasteiger partial charge < -0.3 is 15.5 Å². The molecule has 0 unspecified atom stereocenters. The van der Waals surface area contributed by atoms with Crippen LogP contribution in [0.25, 0.3) is 0 Å². The minimum absolute atomic E-state index is 0.124. The summed E-state index contributed by atoms with van der Waals surface area (Å²) >= 11 is 0. The molecule has 0 spiro atoms. The van der Waals surface area contributed by atoms with Gasteiger partial charge >= 0.3 is 0 Å². The molecule has 1 amide bonds. The lowest BCUT2D eigenvalue weighted by Gasteiger charge is -1.97. The number of rotatable bonds is 4. The number of nitrogens with one attached hydrogen (secondary N) is 1. The van der Waals surface area contributed by atoms with Crippen molar-refractivity contribution in [2.24, 2.45) is 5.73 Å². The maximum absolute atomic E-state index is 10.8. The van der Waals surface area contributed by atoms with Gasteiger partial charge in [-0.25, -0.2) is 4.98 Å². The number of hydrogen-bond donors (Lipinski definition) is 2. The molecule has 0 aliphatic carbocycles. The molecule has 1 aromatic rings. The van der Waals surface area contributed by atoms with Crippen molar-refractivity contribution < 1.29 is 9.21 Å². The number of amides is 1. The van der Waals surface area contributed by atoms with E-state index < -0.39 is 5.91 Å². The van der Waals surface area contributed by atoms with Crippen LogP contribution in [0.2, 0.25) is 0 Å². The first kappa shape index (κ1) is 9.31. The second-order valence-electron chi connectivity index (χ2n) is 2.44. The summed E-state index contributed by atoms with van der Waals surface area (Å²) < 4.78 is 5.11. The second-order valence-corrected chi connectivity index (χ2v) is 2.44. The molecule has 0 bridgehead atoms. The largest absolute Gasteiger partial charge is 0.425 e. The predicted octanol–water partition coefficient (Wildman–Crippen LogP) is 0.680. The van der Waals surface area contributed by atoms with Crippen LogP contribution in [0.5, 0.6) is 0 Å². The van der Waals surface area contributed by atoms with E-state index in [4.69, 9.17) is 10.2 Å². The number of nitrogens with zero attached hydrogens (tertiary/aromatic N) is 1. The van der Waals surface area contributed by atoms with E-state index in [0.29, 0.717) is 18.3 Å². The summed E-state index contributed by atoms with van der Waals surface area (Å²) in [5.74, 6) is 0.0914. The summed E-state index contributed by atoms with van der Waals surface area (Å²) in [6.07, 6.45) is 1.64. The van der Waals surface area contributed by atoms with Crippen LogP contribution >= 0.6 is 0 Å². The zero-order valence-corrected chi connectivity index (χ0v) is 7.33. The monoisotopic (exact) mass is 181 g/mol. The van der Waals surface area contributed by atoms with E-state index in [1.54, 1.807) is 13.0 Å². The lowest BCUT2D eigenvalue weighted by molar-refractivity contribution is 0.0996. The molecular weight excluding hydrogens is 170 g/mol. The molecule has 1 rings (SSSR count). The normalized spacial score (nSPS) is 9.62. The van der Waals surface area contributed by atoms with Gasteiger partial charge in [-0.15, -0.1) is 6.58 Å². The van der Waals surface area contributed by atoms with Crippen molar-refractivity contribution >= 4 is 11.8 Å². The molecule has 1 heterocycles. The van der Waals surface area contributed by atoms with Crippen LogP contribution in [0.4, 0.5) is 5.88 Å². The van der Waals surface area contributed by atoms with Gasteiger partial charge in [0.25, 0.3) is 5.91 Å². The second kappa shape index (κ2) is 3.75. The number of nitrogens with two attached hydrogens (primary N) is 1. The molecule has 1 aromatic heterocycles. The van der Waals surface area contributed by atoms with E-state index in [2.05, 4.69) is 16.9 Å². The van der Waals surface area contributed by atoms with Crippen molar-refractivity contribution in [3.05, 3.63) is 24.2 Å². The van der Waals surface area contributed by atoms with Crippen molar-refractivity contribution in [1.82, 2.24) is 4.98 Å². The van der Waals surface area contributed by atoms with E-state index >= 15 is 0 Å². The number of aryl methyl sites for hydroxylation is 1. The molecule has 5 nitrogen and oxygen atoms in total. The Morgan fingerprint density at radius 1 is 1.85 bits per heavy atom. The Labute approximate surface area is 75.6 Å². The third kappa shape index (κ3) is 2.08. The van der Waals surface area contributed by atoms with Gasteiger partial charge in [0.05, 0.1) is 0 Å². The molecular formula is C8H11N3O2. The van der Waals surface area contributed by atoms with E-state index in [1.165, 1.54) is 0 Å². The molecule has 0 saturated heterocycles. The molecule has 0 fully saturated rings. The summed E-state index contributed by atoms with van der Waals surface area (Å²) in [7, 11) is 0. The fraction of sp³-hybridized carbons (Fsp3) is 0.250. The first-order chi connectivity index (χ1) is 6.15. The number of hydrogen-bond acceptors (Lipinski definition) is 4. The van der Waals surface area contributed by atoms with E-state index in [0.717, 1.165) is 0 Å². The molecule has 13 heavy (non-hydrogen) atoms. The molecule has 0 atom stereocenters. The molecule has 0 radical (unpaired) electrons. The number of primary amides is 1. The van der Waals surface area contributed by atoms with Crippen LogP contribution in [0.3, 0.4) is 0 Å². The zero-order valence-electron chi connectivity index (χ0n) is 7.33. The average molecular weight is 181 g/mol. The van der Waals surface area contributed by atoms with Crippen molar-refractivity contribution in [3.63, 3.8) is 0 Å². The van der Waals surface area contributed by atoms with Gasteiger partial charge in [0, 0.05) is 13.5 Å². The third-order valence-corrected chi connectivity index (χ3v) is 1.37. The third-order valence-electron chi connectivity index (χ3n) is 1.37. The summed E-state index contributed by atoms with van der Waals surface area (Å²) in [5.41, 5.74) is 5.20. The van der Waals surface area contributed by atoms with Crippen LogP contribution in [0.1, 0.15) is 16.4 Å². The van der Waals surface area contributed by atoms with Gasteiger partial charge in [-0.05, 0) is 0 Å². The van der Waals surface area contributed by atoms with E-state index in [-0.39, 0.29) is 5.69 Å². The first-order valence-corrected chi connectivity index (χ1v) is 3.77. The SMILES string of the molecule is C=CCNc1oc(C)nc1C(N)=O. The van der Waals surface area contributed by atoms with E-state index in [1.807, 2.05) is 0 Å². The Morgan fingerprint density at radius 2 is 2.54 bits per heavy atom. The van der Waals surface area contributed by atoms with Gasteiger partial charge in [0.15, 0.2) is 11.6 Å². The van der Waals surface area contributed by atoms with Gasteiger partial charge in [-0.3, -0.25) is 4.79 Å². The Morgan fingerprint density at radius 3 is 3.08 bits per heavy atom. The first-order valence-electron chi connectivity index (χ1n) is 3.77. The lowest BCUT2D eigenvalue weighted by atomic mass is 10.4. The van der Waals surface area contributed by atoms with E-state index in [9.17, 15) is 4.79 Å². The zero-order chi connectivity index (χ0) is 9.84. The molecule has 0 aliphatic rings. The van der Waals surface area contributed by atoms with Gasteiger partial charge in [0.2, 0.25) is 5.88 Å².